The number of thioether (sulfide) groups is 1. The van der Waals surface area contributed by atoms with Crippen molar-refractivity contribution in [2.24, 2.45) is 0 Å². The first-order valence-corrected chi connectivity index (χ1v) is 7.91. The van der Waals surface area contributed by atoms with Gasteiger partial charge < -0.3 is 15.2 Å². The maximum Gasteiger partial charge on any atom is 0.190 e. The smallest absolute Gasteiger partial charge is 0.190 e. The number of nitrogen functional groups attached to an aromatic ring is 1. The number of nitriles is 1. The summed E-state index contributed by atoms with van der Waals surface area (Å²) >= 11 is 1.49. The van der Waals surface area contributed by atoms with Gasteiger partial charge in [0.05, 0.1) is 7.11 Å². The molecular weight excluding hydrogens is 312 g/mol. The van der Waals surface area contributed by atoms with Gasteiger partial charge in [-0.15, -0.1) is 0 Å². The minimum atomic E-state index is 0.133. The summed E-state index contributed by atoms with van der Waals surface area (Å²) in [5, 5.41) is 10.1. The summed E-state index contributed by atoms with van der Waals surface area (Å²) in [5.41, 5.74) is 6.59. The Kier molecular flexibility index (Phi) is 5.66. The van der Waals surface area contributed by atoms with E-state index in [1.807, 2.05) is 38.1 Å². The molecule has 0 unspecified atom stereocenters. The number of methoxy groups -OCH3 is 1. The minimum absolute atomic E-state index is 0.133. The molecule has 1 aromatic heterocycles. The average Bonchev–Trinajstić information content (AvgIpc) is 2.52. The van der Waals surface area contributed by atoms with Gasteiger partial charge in [0, 0.05) is 11.3 Å². The largest absolute Gasteiger partial charge is 0.497 e. The molecule has 2 aromatic rings. The third-order valence-corrected chi connectivity index (χ3v) is 3.73. The van der Waals surface area contributed by atoms with Crippen molar-refractivity contribution in [3.8, 4) is 17.6 Å². The first-order valence-electron chi connectivity index (χ1n) is 7.03. The van der Waals surface area contributed by atoms with E-state index in [4.69, 9.17) is 15.2 Å². The van der Waals surface area contributed by atoms with Crippen LogP contribution in [0, 0.1) is 11.3 Å². The van der Waals surface area contributed by atoms with Gasteiger partial charge in [0.1, 0.15) is 41.3 Å². The zero-order valence-electron chi connectivity index (χ0n) is 13.2. The van der Waals surface area contributed by atoms with Crippen LogP contribution in [0.1, 0.15) is 25.1 Å². The third kappa shape index (κ3) is 4.50. The van der Waals surface area contributed by atoms with Gasteiger partial charge in [-0.05, 0) is 12.1 Å². The van der Waals surface area contributed by atoms with E-state index in [-0.39, 0.29) is 18.0 Å². The minimum Gasteiger partial charge on any atom is -0.497 e. The normalized spacial score (nSPS) is 10.4. The molecule has 0 aliphatic rings. The van der Waals surface area contributed by atoms with Crippen LogP contribution in [-0.4, -0.2) is 22.3 Å². The van der Waals surface area contributed by atoms with Crippen LogP contribution in [0.2, 0.25) is 0 Å². The van der Waals surface area contributed by atoms with Crippen molar-refractivity contribution in [1.82, 2.24) is 9.97 Å². The van der Waals surface area contributed by atoms with E-state index >= 15 is 0 Å². The summed E-state index contributed by atoms with van der Waals surface area (Å²) in [5.74, 6) is 1.50. The van der Waals surface area contributed by atoms with Crippen LogP contribution in [0.15, 0.2) is 29.4 Å². The Morgan fingerprint density at radius 1 is 1.30 bits per heavy atom. The van der Waals surface area contributed by atoms with Gasteiger partial charge in [0.25, 0.3) is 0 Å². The van der Waals surface area contributed by atoms with Gasteiger partial charge in [-0.1, -0.05) is 31.7 Å². The van der Waals surface area contributed by atoms with E-state index in [2.05, 4.69) is 9.97 Å². The van der Waals surface area contributed by atoms with Gasteiger partial charge in [0.2, 0.25) is 0 Å². The topological polar surface area (TPSA) is 94.1 Å². The molecule has 0 saturated carbocycles. The van der Waals surface area contributed by atoms with Crippen LogP contribution in [-0.2, 0) is 6.61 Å². The molecule has 2 N–H and O–H groups in total. The second-order valence-electron chi connectivity index (χ2n) is 4.96. The van der Waals surface area contributed by atoms with E-state index in [0.29, 0.717) is 27.6 Å². The molecule has 0 aliphatic carbocycles. The average molecular weight is 330 g/mol. The Morgan fingerprint density at radius 2 is 2.04 bits per heavy atom. The van der Waals surface area contributed by atoms with Gasteiger partial charge in [-0.25, -0.2) is 9.97 Å². The summed E-state index contributed by atoms with van der Waals surface area (Å²) in [6.07, 6.45) is 0. The predicted octanol–water partition coefficient (Wildman–Crippen LogP) is 3.02. The lowest BCUT2D eigenvalue weighted by atomic mass is 10.2. The van der Waals surface area contributed by atoms with Crippen LogP contribution in [0.5, 0.6) is 11.5 Å². The van der Waals surface area contributed by atoms with Crippen LogP contribution >= 0.6 is 11.8 Å². The van der Waals surface area contributed by atoms with Crippen molar-refractivity contribution in [3.05, 3.63) is 35.5 Å². The molecule has 0 spiro atoms. The van der Waals surface area contributed by atoms with Crippen LogP contribution < -0.4 is 15.2 Å². The van der Waals surface area contributed by atoms with E-state index in [1.165, 1.54) is 11.8 Å². The van der Waals surface area contributed by atoms with Crippen LogP contribution in [0.3, 0.4) is 0 Å². The van der Waals surface area contributed by atoms with Crippen molar-refractivity contribution < 1.29 is 9.47 Å². The molecule has 0 aliphatic heterocycles. The number of rotatable bonds is 6. The molecule has 23 heavy (non-hydrogen) atoms. The molecule has 1 aromatic carbocycles. The highest BCUT2D eigenvalue weighted by Gasteiger charge is 2.14. The van der Waals surface area contributed by atoms with Crippen molar-refractivity contribution >= 4 is 17.6 Å². The first kappa shape index (κ1) is 16.9. The van der Waals surface area contributed by atoms with E-state index < -0.39 is 0 Å². The van der Waals surface area contributed by atoms with E-state index in [9.17, 15) is 5.26 Å². The van der Waals surface area contributed by atoms with E-state index in [0.717, 1.165) is 0 Å². The molecule has 7 heteroatoms. The summed E-state index contributed by atoms with van der Waals surface area (Å²) in [7, 11) is 1.59. The SMILES string of the molecule is COc1cccc(OCc2nc(SC(C)C)nc(N)c2C#N)c1. The molecule has 0 amide bonds. The number of nitrogens with zero attached hydrogens (tertiary/aromatic N) is 3. The predicted molar refractivity (Wildman–Crippen MR) is 89.5 cm³/mol. The van der Waals surface area contributed by atoms with Gasteiger partial charge >= 0.3 is 0 Å². The highest BCUT2D eigenvalue weighted by Crippen LogP contribution is 2.24. The van der Waals surface area contributed by atoms with Crippen molar-refractivity contribution in [1.29, 1.82) is 5.26 Å². The lowest BCUT2D eigenvalue weighted by Gasteiger charge is -2.11. The molecule has 0 saturated heterocycles. The molecule has 0 atom stereocenters. The summed E-state index contributed by atoms with van der Waals surface area (Å²) in [4.78, 5) is 8.55. The molecule has 6 nitrogen and oxygen atoms in total. The highest BCUT2D eigenvalue weighted by molar-refractivity contribution is 7.99. The zero-order chi connectivity index (χ0) is 16.8. The second kappa shape index (κ2) is 7.70. The molecule has 1 heterocycles. The van der Waals surface area contributed by atoms with Gasteiger partial charge in [-0.2, -0.15) is 5.26 Å². The quantitative estimate of drug-likeness (QED) is 0.642. The molecule has 2 rings (SSSR count). The number of hydrogen-bond donors (Lipinski definition) is 1. The summed E-state index contributed by atoms with van der Waals surface area (Å²) < 4.78 is 10.9. The van der Waals surface area contributed by atoms with Gasteiger partial charge in [0.15, 0.2) is 5.16 Å². The highest BCUT2D eigenvalue weighted by atomic mass is 32.2. The molecule has 0 radical (unpaired) electrons. The Morgan fingerprint density at radius 3 is 2.70 bits per heavy atom. The zero-order valence-corrected chi connectivity index (χ0v) is 14.1. The first-order chi connectivity index (χ1) is 11.0. The fourth-order valence-electron chi connectivity index (χ4n) is 1.84. The number of benzene rings is 1. The lowest BCUT2D eigenvalue weighted by molar-refractivity contribution is 0.297. The van der Waals surface area contributed by atoms with Crippen LogP contribution in [0.4, 0.5) is 5.82 Å². The molecule has 0 fully saturated rings. The van der Waals surface area contributed by atoms with E-state index in [1.54, 1.807) is 13.2 Å². The number of hydrogen-bond acceptors (Lipinski definition) is 7. The maximum absolute atomic E-state index is 9.26. The Balaban J connectivity index is 2.23. The fourth-order valence-corrected chi connectivity index (χ4v) is 2.57. The van der Waals surface area contributed by atoms with Crippen molar-refractivity contribution in [2.45, 2.75) is 30.9 Å². The number of nitrogens with two attached hydrogens (primary N) is 1. The molecular formula is C16H18N4O2S. The van der Waals surface area contributed by atoms with Crippen molar-refractivity contribution in [2.75, 3.05) is 12.8 Å². The summed E-state index contributed by atoms with van der Waals surface area (Å²) in [6.45, 7) is 4.21. The van der Waals surface area contributed by atoms with Crippen LogP contribution in [0.25, 0.3) is 0 Å². The Hall–Kier alpha value is -2.46. The van der Waals surface area contributed by atoms with Gasteiger partial charge in [-0.3, -0.25) is 0 Å². The Labute approximate surface area is 139 Å². The molecule has 0 bridgehead atoms. The third-order valence-electron chi connectivity index (χ3n) is 2.86. The number of aromatic nitrogens is 2. The second-order valence-corrected chi connectivity index (χ2v) is 6.50. The maximum atomic E-state index is 9.26. The van der Waals surface area contributed by atoms with Crippen molar-refractivity contribution in [3.63, 3.8) is 0 Å². The number of anilines is 1. The Bertz CT molecular complexity index is 729. The monoisotopic (exact) mass is 330 g/mol. The summed E-state index contributed by atoms with van der Waals surface area (Å²) in [6, 6.07) is 9.27. The lowest BCUT2D eigenvalue weighted by Crippen LogP contribution is -2.09. The fraction of sp³-hybridized carbons (Fsp3) is 0.312. The number of ether oxygens (including phenoxy) is 2. The standard InChI is InChI=1S/C16H18N4O2S/c1-10(2)23-16-19-14(13(8-17)15(18)20-16)9-22-12-6-4-5-11(7-12)21-3/h4-7,10H,9H2,1-3H3,(H2,18,19,20). The molecule has 120 valence electrons.